The van der Waals surface area contributed by atoms with Crippen molar-refractivity contribution in [2.24, 2.45) is 0 Å². The second-order valence-electron chi connectivity index (χ2n) is 0.600. The van der Waals surface area contributed by atoms with Crippen LogP contribution in [0.4, 0.5) is 0 Å². The van der Waals surface area contributed by atoms with E-state index in [2.05, 4.69) is 0 Å². The Morgan fingerprint density at radius 3 is 0.857 bits per heavy atom. The molecule has 44 valence electrons. The minimum atomic E-state index is -4.61. The van der Waals surface area contributed by atoms with Gasteiger partial charge < -0.3 is 19.2 Å². The largest absolute Gasteiger partial charge is 0 e. The summed E-state index contributed by atoms with van der Waals surface area (Å²) in [5, 5.41) is 0. The quantitative estimate of drug-likeness (QED) is 0.349. The summed E-state index contributed by atoms with van der Waals surface area (Å²) in [7, 11) is -4.61. The summed E-state index contributed by atoms with van der Waals surface area (Å²) in [5.74, 6) is 0. The summed E-state index contributed by atoms with van der Waals surface area (Å²) in [6, 6.07) is 0. The molecule has 0 aromatic rings. The fraction of sp³-hybridized carbons (Fsp3) is 0. The molecule has 0 saturated carbocycles. The predicted molar refractivity (Wildman–Crippen MR) is 23.2 cm³/mol. The van der Waals surface area contributed by atoms with Crippen molar-refractivity contribution in [1.82, 2.24) is 0 Å². The van der Waals surface area contributed by atoms with Crippen molar-refractivity contribution in [3.8, 4) is 0 Å². The first-order chi connectivity index (χ1) is 2.00. The van der Waals surface area contributed by atoms with Gasteiger partial charge in [0.05, 0.1) is 0 Å². The average molecular weight is 295 g/mol. The second-order valence-corrected chi connectivity index (χ2v) is 1.80. The molecule has 0 saturated heterocycles. The maximum Gasteiger partial charge on any atom is 0 e. The van der Waals surface area contributed by atoms with E-state index < -0.39 is 9.05 Å². The zero-order chi connectivity index (χ0) is 4.50. The molecule has 0 amide bonds. The van der Waals surface area contributed by atoms with Crippen molar-refractivity contribution in [2.45, 2.75) is 0 Å². The molecule has 0 fully saturated rings. The van der Waals surface area contributed by atoms with E-state index in [0.717, 1.165) is 0 Å². The third-order valence-corrected chi connectivity index (χ3v) is 0. The monoisotopic (exact) mass is 296 g/mol. The van der Waals surface area contributed by atoms with Crippen LogP contribution in [-0.4, -0.2) is 66.0 Å². The zero-order valence-electron chi connectivity index (χ0n) is 2.64. The van der Waals surface area contributed by atoms with E-state index in [0.29, 0.717) is 0 Å². The van der Waals surface area contributed by atoms with E-state index in [9.17, 15) is 0 Å². The summed E-state index contributed by atoms with van der Waals surface area (Å²) in [5.41, 5.74) is 0. The minimum Gasteiger partial charge on any atom is 0 e. The predicted octanol–water partition coefficient (Wildman–Crippen LogP) is -3.52. The smallest absolute Gasteiger partial charge is 0 e. The maximum absolute atomic E-state index is 7.33. The summed E-state index contributed by atoms with van der Waals surface area (Å²) in [4.78, 5) is 29.3. The van der Waals surface area contributed by atoms with Crippen molar-refractivity contribution >= 4 is 46.8 Å². The SMILES string of the molecule is O[Si](O)(O)O.[CaH2].[Gd]. The van der Waals surface area contributed by atoms with Gasteiger partial charge in [-0.1, -0.05) is 0 Å². The van der Waals surface area contributed by atoms with Crippen LogP contribution in [0, 0.1) is 39.9 Å². The molecule has 0 rings (SSSR count). The van der Waals surface area contributed by atoms with Gasteiger partial charge in [-0.05, 0) is 0 Å². The van der Waals surface area contributed by atoms with Crippen molar-refractivity contribution in [2.75, 3.05) is 0 Å². The van der Waals surface area contributed by atoms with Crippen LogP contribution in [0.2, 0.25) is 0 Å². The fourth-order valence-electron chi connectivity index (χ4n) is 0. The Hall–Kier alpha value is 2.64. The average Bonchev–Trinajstić information content (AvgIpc) is 0.722. The van der Waals surface area contributed by atoms with Gasteiger partial charge >= 0.3 is 46.8 Å². The molecule has 0 bridgehead atoms. The van der Waals surface area contributed by atoms with E-state index in [4.69, 9.17) is 19.2 Å². The molecule has 4 nitrogen and oxygen atoms in total. The van der Waals surface area contributed by atoms with Crippen molar-refractivity contribution in [3.63, 3.8) is 0 Å². The fourth-order valence-corrected chi connectivity index (χ4v) is 0. The molecular formula is H6CaGdO4Si. The maximum atomic E-state index is 7.33. The van der Waals surface area contributed by atoms with Gasteiger partial charge in [0.15, 0.2) is 0 Å². The molecule has 0 aliphatic heterocycles. The Bertz CT molecular complexity index is 27.2. The summed E-state index contributed by atoms with van der Waals surface area (Å²) in [6.07, 6.45) is 0. The Morgan fingerprint density at radius 1 is 0.857 bits per heavy atom. The summed E-state index contributed by atoms with van der Waals surface area (Å²) >= 11 is 0. The second kappa shape index (κ2) is 6.76. The van der Waals surface area contributed by atoms with Crippen LogP contribution >= 0.6 is 0 Å². The van der Waals surface area contributed by atoms with Crippen molar-refractivity contribution < 1.29 is 59.1 Å². The first-order valence-corrected chi connectivity index (χ1v) is 2.68. The molecule has 0 radical (unpaired) electrons. The van der Waals surface area contributed by atoms with Crippen LogP contribution in [0.5, 0.6) is 0 Å². The summed E-state index contributed by atoms with van der Waals surface area (Å²) < 4.78 is 0. The Kier molecular flexibility index (Phi) is 15.8. The van der Waals surface area contributed by atoms with Gasteiger partial charge in [0.25, 0.3) is 0 Å². The first kappa shape index (κ1) is 16.3. The van der Waals surface area contributed by atoms with Crippen LogP contribution < -0.4 is 0 Å². The van der Waals surface area contributed by atoms with Crippen molar-refractivity contribution in [1.29, 1.82) is 0 Å². The number of hydrogen-bond acceptors (Lipinski definition) is 4. The topological polar surface area (TPSA) is 80.9 Å². The Balaban J connectivity index is -0.0000000800. The first-order valence-electron chi connectivity index (χ1n) is 0.894. The normalized spacial score (nSPS) is 8.57. The van der Waals surface area contributed by atoms with E-state index in [-0.39, 0.29) is 77.7 Å². The van der Waals surface area contributed by atoms with Crippen LogP contribution in [0.3, 0.4) is 0 Å². The van der Waals surface area contributed by atoms with E-state index in [1.54, 1.807) is 0 Å². The van der Waals surface area contributed by atoms with E-state index in [1.165, 1.54) is 0 Å². The molecule has 7 heteroatoms. The van der Waals surface area contributed by atoms with Gasteiger partial charge in [0, 0.05) is 39.9 Å². The van der Waals surface area contributed by atoms with Crippen molar-refractivity contribution in [3.05, 3.63) is 0 Å². The Morgan fingerprint density at radius 2 is 0.857 bits per heavy atom. The van der Waals surface area contributed by atoms with Gasteiger partial charge in [-0.2, -0.15) is 0 Å². The Labute approximate surface area is 104 Å². The van der Waals surface area contributed by atoms with Crippen LogP contribution in [0.25, 0.3) is 0 Å². The third kappa shape index (κ3) is 54.6. The molecule has 0 atom stereocenters. The minimum absolute atomic E-state index is 0. The standard InChI is InChI=1S/Ca.Gd.H4O4Si.2H/c;;1-5(2,3)4;;/h;;1-4H;;. The number of rotatable bonds is 0. The van der Waals surface area contributed by atoms with E-state index in [1.807, 2.05) is 0 Å². The van der Waals surface area contributed by atoms with Gasteiger partial charge in [0.2, 0.25) is 0 Å². The van der Waals surface area contributed by atoms with Crippen LogP contribution in [0.15, 0.2) is 0 Å². The molecule has 0 aliphatic rings. The molecule has 0 aliphatic carbocycles. The zero-order valence-corrected chi connectivity index (χ0v) is 5.91. The molecular weight excluding hydrogens is 289 g/mol. The van der Waals surface area contributed by atoms with Gasteiger partial charge in [0.1, 0.15) is 0 Å². The molecule has 4 N–H and O–H groups in total. The molecule has 0 aromatic carbocycles. The molecule has 0 spiro atoms. The van der Waals surface area contributed by atoms with Gasteiger partial charge in [-0.3, -0.25) is 0 Å². The molecule has 0 unspecified atom stereocenters. The van der Waals surface area contributed by atoms with Crippen LogP contribution in [-0.2, 0) is 0 Å². The van der Waals surface area contributed by atoms with Gasteiger partial charge in [-0.25, -0.2) is 0 Å². The molecule has 7 heavy (non-hydrogen) atoms. The van der Waals surface area contributed by atoms with Crippen LogP contribution in [0.1, 0.15) is 0 Å². The van der Waals surface area contributed by atoms with Gasteiger partial charge in [-0.15, -0.1) is 0 Å². The molecule has 0 heterocycles. The number of hydrogen-bond donors (Lipinski definition) is 4. The summed E-state index contributed by atoms with van der Waals surface area (Å²) in [6.45, 7) is 0. The molecule has 0 aromatic heterocycles. The third-order valence-electron chi connectivity index (χ3n) is 0. The van der Waals surface area contributed by atoms with E-state index >= 15 is 0 Å².